The van der Waals surface area contributed by atoms with Crippen LogP contribution in [0, 0.1) is 0 Å². The number of nitrogens with two attached hydrogens (primary N) is 1. The fraction of sp³-hybridized carbons (Fsp3) is 0.833. The molecule has 0 bridgehead atoms. The molecule has 0 rings (SSSR count). The summed E-state index contributed by atoms with van der Waals surface area (Å²) in [5.41, 5.74) is 4.96. The summed E-state index contributed by atoms with van der Waals surface area (Å²) < 4.78 is 40.6. The summed E-state index contributed by atoms with van der Waals surface area (Å²) in [5, 5.41) is 1.74. The number of carbonyl (C=O) groups excluding carboxylic acids is 2. The van der Waals surface area contributed by atoms with Crippen LogP contribution >= 0.6 is 0 Å². The van der Waals surface area contributed by atoms with Crippen molar-refractivity contribution in [2.75, 3.05) is 6.54 Å². The molecule has 0 unspecified atom stereocenters. The number of unbranched alkanes of at least 4 members (excludes halogenated alkanes) is 1. The maximum absolute atomic E-state index is 11.9. The summed E-state index contributed by atoms with van der Waals surface area (Å²) in [5.74, 6) is -2.51. The smallest absolute Gasteiger partial charge is 0.459 e. The lowest BCUT2D eigenvalue weighted by Crippen LogP contribution is -2.38. The number of halogens is 3. The molecule has 5 nitrogen and oxygen atoms in total. The third-order valence-electron chi connectivity index (χ3n) is 2.19. The van der Waals surface area contributed by atoms with Crippen LogP contribution < -0.4 is 11.1 Å². The van der Waals surface area contributed by atoms with Crippen LogP contribution in [0.25, 0.3) is 0 Å². The third-order valence-corrected chi connectivity index (χ3v) is 2.19. The van der Waals surface area contributed by atoms with E-state index >= 15 is 0 Å². The van der Waals surface area contributed by atoms with E-state index in [0.29, 0.717) is 12.8 Å². The van der Waals surface area contributed by atoms with Crippen molar-refractivity contribution in [1.29, 1.82) is 0 Å². The van der Waals surface area contributed by atoms with Gasteiger partial charge in [-0.25, -0.2) is 0 Å². The molecular formula is C12H21F3N2O3. The molecule has 0 saturated carbocycles. The van der Waals surface area contributed by atoms with Crippen LogP contribution in [0.2, 0.25) is 0 Å². The molecular weight excluding hydrogens is 277 g/mol. The van der Waals surface area contributed by atoms with Gasteiger partial charge >= 0.3 is 18.1 Å². The minimum atomic E-state index is -4.87. The molecule has 118 valence electrons. The first-order valence-electron chi connectivity index (χ1n) is 6.27. The van der Waals surface area contributed by atoms with E-state index in [0.717, 1.165) is 0 Å². The van der Waals surface area contributed by atoms with Crippen molar-refractivity contribution < 1.29 is 27.5 Å². The minimum absolute atomic E-state index is 0.112. The van der Waals surface area contributed by atoms with Crippen molar-refractivity contribution in [3.05, 3.63) is 0 Å². The molecule has 0 radical (unpaired) electrons. The second-order valence-electron chi connectivity index (χ2n) is 5.39. The topological polar surface area (TPSA) is 81.4 Å². The van der Waals surface area contributed by atoms with E-state index in [4.69, 9.17) is 10.5 Å². The monoisotopic (exact) mass is 298 g/mol. The predicted octanol–water partition coefficient (Wildman–Crippen LogP) is 1.50. The van der Waals surface area contributed by atoms with Gasteiger partial charge in [-0.2, -0.15) is 13.2 Å². The largest absolute Gasteiger partial charge is 0.471 e. The average molecular weight is 298 g/mol. The number of hydrogen-bond acceptors (Lipinski definition) is 4. The van der Waals surface area contributed by atoms with Gasteiger partial charge in [-0.05, 0) is 40.0 Å². The standard InChI is InChI=1S/C12H21F3N2O3/c1-11(2,3)20-9(18)8(16)6-4-5-7-17-10(19)12(13,14)15/h8H,4-7,16H2,1-3H3,(H,17,19)/t8-/m0/s1. The lowest BCUT2D eigenvalue weighted by molar-refractivity contribution is -0.173. The van der Waals surface area contributed by atoms with Crippen LogP contribution in [-0.2, 0) is 14.3 Å². The summed E-state index contributed by atoms with van der Waals surface area (Å²) in [6, 6.07) is -0.812. The van der Waals surface area contributed by atoms with Crippen LogP contribution in [-0.4, -0.2) is 36.2 Å². The van der Waals surface area contributed by atoms with E-state index in [2.05, 4.69) is 0 Å². The number of nitrogens with one attached hydrogen (secondary N) is 1. The second kappa shape index (κ2) is 7.47. The normalized spacial score (nSPS) is 13.8. The highest BCUT2D eigenvalue weighted by atomic mass is 19.4. The summed E-state index contributed by atoms with van der Waals surface area (Å²) in [7, 11) is 0. The van der Waals surface area contributed by atoms with Gasteiger partial charge in [0, 0.05) is 6.54 Å². The van der Waals surface area contributed by atoms with Crippen molar-refractivity contribution >= 4 is 11.9 Å². The SMILES string of the molecule is CC(C)(C)OC(=O)[C@@H](N)CCCCNC(=O)C(F)(F)F. The van der Waals surface area contributed by atoms with Crippen LogP contribution in [0.5, 0.6) is 0 Å². The van der Waals surface area contributed by atoms with Crippen LogP contribution in [0.4, 0.5) is 13.2 Å². The predicted molar refractivity (Wildman–Crippen MR) is 66.7 cm³/mol. The number of amides is 1. The number of carbonyl (C=O) groups is 2. The Morgan fingerprint density at radius 3 is 2.20 bits per heavy atom. The Morgan fingerprint density at radius 1 is 1.20 bits per heavy atom. The first-order valence-corrected chi connectivity index (χ1v) is 6.27. The number of alkyl halides is 3. The van der Waals surface area contributed by atoms with Gasteiger partial charge < -0.3 is 15.8 Å². The van der Waals surface area contributed by atoms with Crippen LogP contribution in [0.15, 0.2) is 0 Å². The first-order chi connectivity index (χ1) is 8.93. The summed E-state index contributed by atoms with van der Waals surface area (Å²) in [6.45, 7) is 5.03. The molecule has 8 heteroatoms. The summed E-state index contributed by atoms with van der Waals surface area (Å²) >= 11 is 0. The fourth-order valence-electron chi connectivity index (χ4n) is 1.29. The summed E-state index contributed by atoms with van der Waals surface area (Å²) in [4.78, 5) is 22.0. The molecule has 1 atom stereocenters. The third kappa shape index (κ3) is 8.73. The number of esters is 1. The molecule has 0 aliphatic carbocycles. The van der Waals surface area contributed by atoms with Crippen LogP contribution in [0.3, 0.4) is 0 Å². The van der Waals surface area contributed by atoms with E-state index in [9.17, 15) is 22.8 Å². The number of ether oxygens (including phenoxy) is 1. The molecule has 3 N–H and O–H groups in total. The second-order valence-corrected chi connectivity index (χ2v) is 5.39. The molecule has 20 heavy (non-hydrogen) atoms. The van der Waals surface area contributed by atoms with Gasteiger partial charge in [-0.1, -0.05) is 0 Å². The lowest BCUT2D eigenvalue weighted by atomic mass is 10.1. The zero-order valence-corrected chi connectivity index (χ0v) is 11.8. The molecule has 0 heterocycles. The average Bonchev–Trinajstić information content (AvgIpc) is 2.24. The molecule has 0 aromatic heterocycles. The Balaban J connectivity index is 3.81. The minimum Gasteiger partial charge on any atom is -0.459 e. The van der Waals surface area contributed by atoms with E-state index in [1.54, 1.807) is 26.1 Å². The molecule has 0 fully saturated rings. The highest BCUT2D eigenvalue weighted by Gasteiger charge is 2.38. The molecule has 0 saturated heterocycles. The van der Waals surface area contributed by atoms with Crippen molar-refractivity contribution in [2.45, 2.75) is 57.9 Å². The Kier molecular flexibility index (Phi) is 6.98. The maximum atomic E-state index is 11.9. The lowest BCUT2D eigenvalue weighted by Gasteiger charge is -2.22. The van der Waals surface area contributed by atoms with E-state index in [1.165, 1.54) is 0 Å². The van der Waals surface area contributed by atoms with Crippen molar-refractivity contribution in [1.82, 2.24) is 5.32 Å². The van der Waals surface area contributed by atoms with Gasteiger partial charge in [-0.15, -0.1) is 0 Å². The zero-order valence-electron chi connectivity index (χ0n) is 11.8. The van der Waals surface area contributed by atoms with Gasteiger partial charge in [0.2, 0.25) is 0 Å². The molecule has 0 aromatic carbocycles. The van der Waals surface area contributed by atoms with E-state index < -0.39 is 29.7 Å². The van der Waals surface area contributed by atoms with Gasteiger partial charge in [-0.3, -0.25) is 9.59 Å². The number of rotatable bonds is 6. The van der Waals surface area contributed by atoms with Gasteiger partial charge in [0.15, 0.2) is 0 Å². The maximum Gasteiger partial charge on any atom is 0.471 e. The first kappa shape index (κ1) is 18.7. The molecule has 0 spiro atoms. The van der Waals surface area contributed by atoms with Crippen molar-refractivity contribution in [2.24, 2.45) is 5.73 Å². The molecule has 1 amide bonds. The highest BCUT2D eigenvalue weighted by Crippen LogP contribution is 2.14. The molecule has 0 aliphatic heterocycles. The van der Waals surface area contributed by atoms with Gasteiger partial charge in [0.1, 0.15) is 11.6 Å². The van der Waals surface area contributed by atoms with Crippen LogP contribution in [0.1, 0.15) is 40.0 Å². The Hall–Kier alpha value is -1.31. The summed E-state index contributed by atoms with van der Waals surface area (Å²) in [6.07, 6.45) is -3.86. The van der Waals surface area contributed by atoms with Gasteiger partial charge in [0.25, 0.3) is 0 Å². The molecule has 0 aromatic rings. The van der Waals surface area contributed by atoms with E-state index in [1.807, 2.05) is 0 Å². The highest BCUT2D eigenvalue weighted by molar-refractivity contribution is 5.81. The zero-order chi connectivity index (χ0) is 16.0. The number of hydrogen-bond donors (Lipinski definition) is 2. The molecule has 0 aliphatic rings. The van der Waals surface area contributed by atoms with Crippen molar-refractivity contribution in [3.63, 3.8) is 0 Å². The Labute approximate surface area is 116 Å². The van der Waals surface area contributed by atoms with Gasteiger partial charge in [0.05, 0.1) is 0 Å². The fourth-order valence-corrected chi connectivity index (χ4v) is 1.29. The Bertz CT molecular complexity index is 338. The quantitative estimate of drug-likeness (QED) is 0.575. The Morgan fingerprint density at radius 2 is 1.75 bits per heavy atom. The van der Waals surface area contributed by atoms with Crippen molar-refractivity contribution in [3.8, 4) is 0 Å². The van der Waals surface area contributed by atoms with E-state index in [-0.39, 0.29) is 13.0 Å².